The molecule has 17 heavy (non-hydrogen) atoms. The number of benzene rings is 1. The third-order valence-electron chi connectivity index (χ3n) is 1.84. The van der Waals surface area contributed by atoms with Crippen LogP contribution in [0.15, 0.2) is 24.3 Å². The second-order valence-electron chi connectivity index (χ2n) is 3.07. The van der Waals surface area contributed by atoms with Gasteiger partial charge in [0, 0.05) is 5.02 Å². The highest BCUT2D eigenvalue weighted by molar-refractivity contribution is 6.31. The Morgan fingerprint density at radius 2 is 1.47 bits per heavy atom. The molecule has 0 spiro atoms. The van der Waals surface area contributed by atoms with Gasteiger partial charge in [-0.25, -0.2) is 0 Å². The number of hydrogen-bond donors (Lipinski definition) is 0. The average molecular weight is 291 g/mol. The molecule has 1 aromatic heterocycles. The summed E-state index contributed by atoms with van der Waals surface area (Å²) < 4.78 is 5.32. The molecule has 0 amide bonds. The van der Waals surface area contributed by atoms with Crippen LogP contribution in [-0.2, 0) is 6.61 Å². The first-order valence-electron chi connectivity index (χ1n) is 4.58. The van der Waals surface area contributed by atoms with Gasteiger partial charge in [-0.3, -0.25) is 0 Å². The molecule has 7 heteroatoms. The minimum absolute atomic E-state index is 0.00361. The Morgan fingerprint density at radius 1 is 0.882 bits per heavy atom. The van der Waals surface area contributed by atoms with E-state index < -0.39 is 0 Å². The SMILES string of the molecule is Clc1ccc(COc2nc(Cl)nc(Cl)n2)cc1. The molecule has 88 valence electrons. The summed E-state index contributed by atoms with van der Waals surface area (Å²) in [6.07, 6.45) is 0. The van der Waals surface area contributed by atoms with Gasteiger partial charge < -0.3 is 4.74 Å². The molecular weight excluding hydrogens is 284 g/mol. The van der Waals surface area contributed by atoms with Gasteiger partial charge in [0.05, 0.1) is 0 Å². The molecule has 0 atom stereocenters. The van der Waals surface area contributed by atoms with Crippen LogP contribution >= 0.6 is 34.8 Å². The van der Waals surface area contributed by atoms with Crippen LogP contribution in [0.4, 0.5) is 0 Å². The van der Waals surface area contributed by atoms with E-state index in [1.54, 1.807) is 12.1 Å². The predicted molar refractivity (Wildman–Crippen MR) is 65.6 cm³/mol. The van der Waals surface area contributed by atoms with Crippen LogP contribution < -0.4 is 4.74 Å². The average Bonchev–Trinajstić information content (AvgIpc) is 2.27. The van der Waals surface area contributed by atoms with Crippen molar-refractivity contribution in [1.29, 1.82) is 0 Å². The number of hydrogen-bond acceptors (Lipinski definition) is 4. The highest BCUT2D eigenvalue weighted by atomic mass is 35.5. The Hall–Kier alpha value is -1.10. The van der Waals surface area contributed by atoms with Gasteiger partial charge in [0.15, 0.2) is 0 Å². The van der Waals surface area contributed by atoms with Crippen molar-refractivity contribution in [1.82, 2.24) is 15.0 Å². The van der Waals surface area contributed by atoms with E-state index in [-0.39, 0.29) is 16.6 Å². The van der Waals surface area contributed by atoms with E-state index in [2.05, 4.69) is 15.0 Å². The maximum absolute atomic E-state index is 5.76. The monoisotopic (exact) mass is 289 g/mol. The second kappa shape index (κ2) is 5.49. The smallest absolute Gasteiger partial charge is 0.322 e. The lowest BCUT2D eigenvalue weighted by atomic mass is 10.2. The van der Waals surface area contributed by atoms with Gasteiger partial charge in [-0.05, 0) is 40.9 Å². The lowest BCUT2D eigenvalue weighted by molar-refractivity contribution is 0.279. The molecule has 0 fully saturated rings. The minimum Gasteiger partial charge on any atom is -0.458 e. The Labute approximate surface area is 113 Å². The number of halogens is 3. The van der Waals surface area contributed by atoms with Crippen LogP contribution in [0.25, 0.3) is 0 Å². The summed E-state index contributed by atoms with van der Waals surface area (Å²) in [5.74, 6) is 0. The second-order valence-corrected chi connectivity index (χ2v) is 4.18. The fraction of sp³-hybridized carbons (Fsp3) is 0.100. The third kappa shape index (κ3) is 3.70. The quantitative estimate of drug-likeness (QED) is 0.869. The highest BCUT2D eigenvalue weighted by Gasteiger charge is 2.04. The van der Waals surface area contributed by atoms with Crippen LogP contribution in [0.1, 0.15) is 5.56 Å². The van der Waals surface area contributed by atoms with Crippen LogP contribution in [0.2, 0.25) is 15.6 Å². The maximum Gasteiger partial charge on any atom is 0.322 e. The van der Waals surface area contributed by atoms with Crippen molar-refractivity contribution in [2.75, 3.05) is 0 Å². The maximum atomic E-state index is 5.76. The Bertz CT molecular complexity index is 498. The van der Waals surface area contributed by atoms with E-state index in [0.29, 0.717) is 11.6 Å². The molecule has 0 aliphatic heterocycles. The zero-order chi connectivity index (χ0) is 12.3. The van der Waals surface area contributed by atoms with Gasteiger partial charge in [0.25, 0.3) is 0 Å². The van der Waals surface area contributed by atoms with Gasteiger partial charge >= 0.3 is 6.01 Å². The Morgan fingerprint density at radius 3 is 2.06 bits per heavy atom. The first-order valence-corrected chi connectivity index (χ1v) is 5.71. The lowest BCUT2D eigenvalue weighted by Crippen LogP contribution is -2.01. The van der Waals surface area contributed by atoms with Crippen LogP contribution in [0, 0.1) is 0 Å². The van der Waals surface area contributed by atoms with Gasteiger partial charge in [0.1, 0.15) is 6.61 Å². The summed E-state index contributed by atoms with van der Waals surface area (Å²) >= 11 is 17.0. The van der Waals surface area contributed by atoms with Gasteiger partial charge in [-0.2, -0.15) is 15.0 Å². The van der Waals surface area contributed by atoms with E-state index >= 15 is 0 Å². The predicted octanol–water partition coefficient (Wildman–Crippen LogP) is 3.41. The first kappa shape index (κ1) is 12.4. The molecule has 0 radical (unpaired) electrons. The number of rotatable bonds is 3. The van der Waals surface area contributed by atoms with Crippen molar-refractivity contribution in [2.24, 2.45) is 0 Å². The van der Waals surface area contributed by atoms with Crippen molar-refractivity contribution in [2.45, 2.75) is 6.61 Å². The van der Waals surface area contributed by atoms with E-state index in [1.807, 2.05) is 12.1 Å². The lowest BCUT2D eigenvalue weighted by Gasteiger charge is -2.04. The fourth-order valence-electron chi connectivity index (χ4n) is 1.10. The molecule has 0 N–H and O–H groups in total. The molecule has 1 aromatic carbocycles. The van der Waals surface area contributed by atoms with E-state index in [0.717, 1.165) is 5.56 Å². The van der Waals surface area contributed by atoms with E-state index in [9.17, 15) is 0 Å². The first-order chi connectivity index (χ1) is 8.13. The summed E-state index contributed by atoms with van der Waals surface area (Å²) in [4.78, 5) is 11.2. The third-order valence-corrected chi connectivity index (χ3v) is 2.43. The number of ether oxygens (including phenoxy) is 1. The van der Waals surface area contributed by atoms with Gasteiger partial charge in [-0.1, -0.05) is 23.7 Å². The summed E-state index contributed by atoms with van der Waals surface area (Å²) in [7, 11) is 0. The number of aromatic nitrogens is 3. The fourth-order valence-corrected chi connectivity index (χ4v) is 1.58. The van der Waals surface area contributed by atoms with Gasteiger partial charge in [-0.15, -0.1) is 0 Å². The van der Waals surface area contributed by atoms with Crippen molar-refractivity contribution in [3.05, 3.63) is 45.4 Å². The molecule has 2 aromatic rings. The molecule has 2 rings (SSSR count). The molecule has 0 unspecified atom stereocenters. The zero-order valence-electron chi connectivity index (χ0n) is 8.40. The zero-order valence-corrected chi connectivity index (χ0v) is 10.7. The summed E-state index contributed by atoms with van der Waals surface area (Å²) in [5.41, 5.74) is 0.932. The van der Waals surface area contributed by atoms with Crippen LogP contribution in [-0.4, -0.2) is 15.0 Å². The minimum atomic E-state index is -0.00361. The molecular formula is C10H6Cl3N3O. The normalized spacial score (nSPS) is 10.3. The molecule has 0 aliphatic rings. The van der Waals surface area contributed by atoms with E-state index in [1.165, 1.54) is 0 Å². The van der Waals surface area contributed by atoms with Crippen molar-refractivity contribution in [3.63, 3.8) is 0 Å². The molecule has 0 bridgehead atoms. The molecule has 0 saturated carbocycles. The highest BCUT2D eigenvalue weighted by Crippen LogP contribution is 2.14. The van der Waals surface area contributed by atoms with E-state index in [4.69, 9.17) is 39.5 Å². The van der Waals surface area contributed by atoms with Crippen molar-refractivity contribution >= 4 is 34.8 Å². The standard InChI is InChI=1S/C10H6Cl3N3O/c11-7-3-1-6(2-4-7)5-17-10-15-8(12)14-9(13)16-10/h1-4H,5H2. The van der Waals surface area contributed by atoms with Crippen LogP contribution in [0.5, 0.6) is 6.01 Å². The number of nitrogens with zero attached hydrogens (tertiary/aromatic N) is 3. The Kier molecular flexibility index (Phi) is 3.99. The summed E-state index contributed by atoms with van der Waals surface area (Å²) in [5, 5.41) is 0.659. The largest absolute Gasteiger partial charge is 0.458 e. The van der Waals surface area contributed by atoms with Gasteiger partial charge in [0.2, 0.25) is 10.6 Å². The summed E-state index contributed by atoms with van der Waals surface area (Å²) in [6.45, 7) is 0.299. The molecule has 4 nitrogen and oxygen atoms in total. The molecule has 0 saturated heterocycles. The summed E-state index contributed by atoms with van der Waals surface area (Å²) in [6, 6.07) is 7.31. The topological polar surface area (TPSA) is 47.9 Å². The van der Waals surface area contributed by atoms with Crippen LogP contribution in [0.3, 0.4) is 0 Å². The van der Waals surface area contributed by atoms with Crippen molar-refractivity contribution < 1.29 is 4.74 Å². The van der Waals surface area contributed by atoms with Crippen molar-refractivity contribution in [3.8, 4) is 6.01 Å². The molecule has 1 heterocycles. The molecule has 0 aliphatic carbocycles. The Balaban J connectivity index is 2.04.